The number of thiophene rings is 1. The van der Waals surface area contributed by atoms with Gasteiger partial charge in [0.15, 0.2) is 0 Å². The van der Waals surface area contributed by atoms with Gasteiger partial charge in [-0.15, -0.1) is 11.3 Å². The minimum atomic E-state index is -3.77. The zero-order valence-corrected chi connectivity index (χ0v) is 11.6. The number of sulfonamides is 1. The molecule has 1 aromatic carbocycles. The van der Waals surface area contributed by atoms with Crippen LogP contribution in [0.15, 0.2) is 40.6 Å². The lowest BCUT2D eigenvalue weighted by Crippen LogP contribution is -2.12. The first kappa shape index (κ1) is 13.4. The van der Waals surface area contributed by atoms with E-state index in [0.717, 1.165) is 5.69 Å². The number of benzene rings is 1. The molecule has 0 radical (unpaired) electrons. The number of nitrogens with two attached hydrogens (primary N) is 1. The van der Waals surface area contributed by atoms with E-state index in [1.165, 1.54) is 10.9 Å². The van der Waals surface area contributed by atoms with Gasteiger partial charge in [-0.05, 0) is 29.6 Å². The number of rotatable bonds is 4. The van der Waals surface area contributed by atoms with Crippen LogP contribution in [0, 0.1) is 0 Å². The molecule has 0 saturated carbocycles. The molecule has 0 atom stereocenters. The monoisotopic (exact) mass is 302 g/mol. The van der Waals surface area contributed by atoms with Crippen molar-refractivity contribution in [3.8, 4) is 0 Å². The maximum absolute atomic E-state index is 11.2. The van der Waals surface area contributed by atoms with Crippen molar-refractivity contribution in [3.05, 3.63) is 45.6 Å². The third kappa shape index (κ3) is 3.23. The molecule has 18 heavy (non-hydrogen) atoms. The van der Waals surface area contributed by atoms with E-state index >= 15 is 0 Å². The van der Waals surface area contributed by atoms with Gasteiger partial charge >= 0.3 is 0 Å². The van der Waals surface area contributed by atoms with Crippen LogP contribution in [0.4, 0.5) is 5.69 Å². The third-order valence-corrected chi connectivity index (χ3v) is 4.56. The highest BCUT2D eigenvalue weighted by Crippen LogP contribution is 2.24. The lowest BCUT2D eigenvalue weighted by molar-refractivity contribution is 0.598. The largest absolute Gasteiger partial charge is 0.380 e. The summed E-state index contributed by atoms with van der Waals surface area (Å²) in [5.74, 6) is 0. The number of hydrogen-bond acceptors (Lipinski definition) is 4. The zero-order valence-electron chi connectivity index (χ0n) is 9.26. The van der Waals surface area contributed by atoms with E-state index in [2.05, 4.69) is 5.32 Å². The summed E-state index contributed by atoms with van der Waals surface area (Å²) in [6, 6.07) is 8.57. The summed E-state index contributed by atoms with van der Waals surface area (Å²) >= 11 is 7.52. The third-order valence-electron chi connectivity index (χ3n) is 2.29. The molecule has 0 unspecified atom stereocenters. The Morgan fingerprint density at radius 1 is 1.33 bits per heavy atom. The summed E-state index contributed by atoms with van der Waals surface area (Å²) in [4.78, 5) is 1.12. The van der Waals surface area contributed by atoms with Crippen molar-refractivity contribution in [2.75, 3.05) is 5.32 Å². The Morgan fingerprint density at radius 3 is 2.67 bits per heavy atom. The van der Waals surface area contributed by atoms with Crippen LogP contribution >= 0.6 is 22.9 Å². The molecule has 0 amide bonds. The van der Waals surface area contributed by atoms with Gasteiger partial charge in [-0.3, -0.25) is 0 Å². The number of nitrogens with one attached hydrogen (secondary N) is 1. The average Bonchev–Trinajstić information content (AvgIpc) is 2.77. The van der Waals surface area contributed by atoms with Gasteiger partial charge in [0.2, 0.25) is 10.0 Å². The molecule has 0 aliphatic rings. The van der Waals surface area contributed by atoms with E-state index in [-0.39, 0.29) is 9.92 Å². The Labute approximate surface area is 114 Å². The Hall–Kier alpha value is -1.08. The normalized spacial score (nSPS) is 11.4. The predicted molar refractivity (Wildman–Crippen MR) is 74.5 cm³/mol. The average molecular weight is 303 g/mol. The standard InChI is InChI=1S/C11H11ClN2O2S2/c12-10-6-8(3-4-11(10)18(13,15)16)14-7-9-2-1-5-17-9/h1-6,14H,7H2,(H2,13,15,16). The van der Waals surface area contributed by atoms with Gasteiger partial charge in [-0.25, -0.2) is 13.6 Å². The van der Waals surface area contributed by atoms with E-state index in [4.69, 9.17) is 16.7 Å². The highest BCUT2D eigenvalue weighted by molar-refractivity contribution is 7.89. The van der Waals surface area contributed by atoms with Crippen molar-refractivity contribution < 1.29 is 8.42 Å². The smallest absolute Gasteiger partial charge is 0.239 e. The van der Waals surface area contributed by atoms with Crippen LogP contribution < -0.4 is 10.5 Å². The number of halogens is 1. The van der Waals surface area contributed by atoms with Crippen molar-refractivity contribution in [1.82, 2.24) is 0 Å². The van der Waals surface area contributed by atoms with Gasteiger partial charge in [0.05, 0.1) is 5.02 Å². The van der Waals surface area contributed by atoms with Crippen molar-refractivity contribution in [3.63, 3.8) is 0 Å². The molecule has 0 saturated heterocycles. The van der Waals surface area contributed by atoms with Gasteiger partial charge < -0.3 is 5.32 Å². The first-order valence-electron chi connectivity index (χ1n) is 5.05. The highest BCUT2D eigenvalue weighted by Gasteiger charge is 2.12. The molecule has 7 heteroatoms. The summed E-state index contributed by atoms with van der Waals surface area (Å²) in [5, 5.41) is 10.3. The van der Waals surface area contributed by atoms with Crippen LogP contribution in [-0.2, 0) is 16.6 Å². The van der Waals surface area contributed by atoms with Crippen LogP contribution in [0.2, 0.25) is 5.02 Å². The first-order chi connectivity index (χ1) is 8.47. The van der Waals surface area contributed by atoms with Crippen LogP contribution in [0.5, 0.6) is 0 Å². The summed E-state index contributed by atoms with van der Waals surface area (Å²) in [6.07, 6.45) is 0. The molecule has 0 fully saturated rings. The van der Waals surface area contributed by atoms with Crippen molar-refractivity contribution in [2.45, 2.75) is 11.4 Å². The van der Waals surface area contributed by atoms with Gasteiger partial charge in [0.25, 0.3) is 0 Å². The molecule has 0 aliphatic carbocycles. The minimum Gasteiger partial charge on any atom is -0.380 e. The number of anilines is 1. The summed E-state index contributed by atoms with van der Waals surface area (Å²) in [6.45, 7) is 0.669. The van der Waals surface area contributed by atoms with Gasteiger partial charge in [-0.2, -0.15) is 0 Å². The molecule has 96 valence electrons. The second-order valence-electron chi connectivity index (χ2n) is 3.62. The van der Waals surface area contributed by atoms with Gasteiger partial charge in [0.1, 0.15) is 4.90 Å². The molecule has 1 heterocycles. The van der Waals surface area contributed by atoms with E-state index in [9.17, 15) is 8.42 Å². The molecule has 0 spiro atoms. The van der Waals surface area contributed by atoms with Gasteiger partial charge in [0, 0.05) is 17.1 Å². The molecular weight excluding hydrogens is 292 g/mol. The molecule has 1 aromatic heterocycles. The lowest BCUT2D eigenvalue weighted by Gasteiger charge is -2.07. The van der Waals surface area contributed by atoms with Crippen LogP contribution in [0.1, 0.15) is 4.88 Å². The molecule has 4 nitrogen and oxygen atoms in total. The predicted octanol–water partition coefficient (Wildman–Crippen LogP) is 2.66. The topological polar surface area (TPSA) is 72.2 Å². The fourth-order valence-corrected chi connectivity index (χ4v) is 3.18. The Kier molecular flexibility index (Phi) is 3.91. The highest BCUT2D eigenvalue weighted by atomic mass is 35.5. The molecular formula is C11H11ClN2O2S2. The lowest BCUT2D eigenvalue weighted by atomic mass is 10.3. The number of hydrogen-bond donors (Lipinski definition) is 2. The van der Waals surface area contributed by atoms with E-state index in [1.807, 2.05) is 17.5 Å². The molecule has 2 rings (SSSR count). The molecule has 0 bridgehead atoms. The quantitative estimate of drug-likeness (QED) is 0.912. The van der Waals surface area contributed by atoms with Crippen molar-refractivity contribution >= 4 is 38.6 Å². The fourth-order valence-electron chi connectivity index (χ4n) is 1.44. The minimum absolute atomic E-state index is 0.0640. The van der Waals surface area contributed by atoms with Gasteiger partial charge in [-0.1, -0.05) is 17.7 Å². The first-order valence-corrected chi connectivity index (χ1v) is 7.86. The Morgan fingerprint density at radius 2 is 2.11 bits per heavy atom. The fraction of sp³-hybridized carbons (Fsp3) is 0.0909. The van der Waals surface area contributed by atoms with E-state index in [1.54, 1.807) is 23.5 Å². The van der Waals surface area contributed by atoms with Crippen LogP contribution in [0.25, 0.3) is 0 Å². The molecule has 0 aliphatic heterocycles. The summed E-state index contributed by atoms with van der Waals surface area (Å²) in [5.41, 5.74) is 0.751. The maximum Gasteiger partial charge on any atom is 0.239 e. The number of primary sulfonamides is 1. The van der Waals surface area contributed by atoms with Crippen LogP contribution in [-0.4, -0.2) is 8.42 Å². The molecule has 2 aromatic rings. The summed E-state index contributed by atoms with van der Waals surface area (Å²) < 4.78 is 22.4. The second-order valence-corrected chi connectivity index (χ2v) is 6.59. The van der Waals surface area contributed by atoms with Crippen molar-refractivity contribution in [1.29, 1.82) is 0 Å². The van der Waals surface area contributed by atoms with Crippen LogP contribution in [0.3, 0.4) is 0 Å². The van der Waals surface area contributed by atoms with E-state index < -0.39 is 10.0 Å². The Balaban J connectivity index is 2.14. The molecule has 3 N–H and O–H groups in total. The second kappa shape index (κ2) is 5.27. The maximum atomic E-state index is 11.2. The summed E-state index contributed by atoms with van der Waals surface area (Å²) in [7, 11) is -3.77. The van der Waals surface area contributed by atoms with Crippen molar-refractivity contribution in [2.24, 2.45) is 5.14 Å². The van der Waals surface area contributed by atoms with E-state index in [0.29, 0.717) is 6.54 Å². The SMILES string of the molecule is NS(=O)(=O)c1ccc(NCc2cccs2)cc1Cl. The zero-order chi connectivity index (χ0) is 13.2. The Bertz CT molecular complexity index is 639.